The Morgan fingerprint density at radius 3 is 2.18 bits per heavy atom. The summed E-state index contributed by atoms with van der Waals surface area (Å²) in [6, 6.07) is 5.97. The van der Waals surface area contributed by atoms with E-state index in [0.717, 1.165) is 29.5 Å². The van der Waals surface area contributed by atoms with Crippen LogP contribution >= 0.6 is 0 Å². The Balaban J connectivity index is 2.56. The van der Waals surface area contributed by atoms with Crippen molar-refractivity contribution in [3.63, 3.8) is 0 Å². The number of unbranched alkanes of at least 4 members (excludes halogenated alkanes) is 1. The van der Waals surface area contributed by atoms with E-state index >= 15 is 0 Å². The van der Waals surface area contributed by atoms with Gasteiger partial charge in [-0.25, -0.2) is 0 Å². The Labute approximate surface area is 168 Å². The number of hydrogen-bond donors (Lipinski definition) is 0. The van der Waals surface area contributed by atoms with Crippen LogP contribution in [0.15, 0.2) is 23.9 Å². The molecule has 0 aliphatic carbocycles. The summed E-state index contributed by atoms with van der Waals surface area (Å²) in [4.78, 5) is 29.9. The van der Waals surface area contributed by atoms with Gasteiger partial charge in [0.2, 0.25) is 0 Å². The van der Waals surface area contributed by atoms with Gasteiger partial charge in [0.15, 0.2) is 0 Å². The van der Waals surface area contributed by atoms with E-state index in [1.165, 1.54) is 4.90 Å². The molecule has 0 atom stereocenters. The van der Waals surface area contributed by atoms with E-state index in [2.05, 4.69) is 0 Å². The van der Waals surface area contributed by atoms with Crippen molar-refractivity contribution in [2.75, 3.05) is 47.1 Å². The lowest BCUT2D eigenvalue weighted by molar-refractivity contribution is -0.137. The lowest BCUT2D eigenvalue weighted by atomic mass is 9.97. The lowest BCUT2D eigenvalue weighted by Gasteiger charge is -2.25. The van der Waals surface area contributed by atoms with E-state index in [-0.39, 0.29) is 11.8 Å². The van der Waals surface area contributed by atoms with E-state index < -0.39 is 0 Å². The van der Waals surface area contributed by atoms with Crippen LogP contribution in [0.2, 0.25) is 0 Å². The summed E-state index contributed by atoms with van der Waals surface area (Å²) in [5.41, 5.74) is 3.88. The monoisotopic (exact) mass is 388 g/mol. The number of rotatable bonds is 11. The minimum Gasteiger partial charge on any atom is -0.383 e. The van der Waals surface area contributed by atoms with Gasteiger partial charge in [0.1, 0.15) is 5.70 Å². The molecule has 0 unspecified atom stereocenters. The minimum absolute atomic E-state index is 0.208. The number of benzene rings is 1. The van der Waals surface area contributed by atoms with Crippen LogP contribution in [0, 0.1) is 13.8 Å². The van der Waals surface area contributed by atoms with Crippen molar-refractivity contribution in [1.29, 1.82) is 0 Å². The third kappa shape index (κ3) is 4.80. The maximum atomic E-state index is 13.3. The molecule has 0 saturated carbocycles. The molecule has 28 heavy (non-hydrogen) atoms. The first kappa shape index (κ1) is 22.1. The maximum Gasteiger partial charge on any atom is 0.277 e. The molecule has 0 bridgehead atoms. The molecule has 0 aromatic heterocycles. The SMILES string of the molecule is CCCCN1C(=O)C(c2ccc(C)cc2C)=C(N(CCOC)CCOC)C1=O. The predicted molar refractivity (Wildman–Crippen MR) is 110 cm³/mol. The highest BCUT2D eigenvalue weighted by Gasteiger charge is 2.41. The summed E-state index contributed by atoms with van der Waals surface area (Å²) in [7, 11) is 3.26. The summed E-state index contributed by atoms with van der Waals surface area (Å²) in [6.45, 7) is 8.45. The third-order valence-corrected chi connectivity index (χ3v) is 4.98. The topological polar surface area (TPSA) is 59.1 Å². The number of carbonyl (C=O) groups excluding carboxylic acids is 2. The zero-order valence-corrected chi connectivity index (χ0v) is 17.7. The van der Waals surface area contributed by atoms with Gasteiger partial charge in [0.05, 0.1) is 18.8 Å². The van der Waals surface area contributed by atoms with Crippen LogP contribution in [0.3, 0.4) is 0 Å². The second-order valence-electron chi connectivity index (χ2n) is 7.13. The van der Waals surface area contributed by atoms with Gasteiger partial charge in [-0.3, -0.25) is 14.5 Å². The van der Waals surface area contributed by atoms with Gasteiger partial charge in [0, 0.05) is 33.9 Å². The Bertz CT molecular complexity index is 734. The van der Waals surface area contributed by atoms with Crippen LogP contribution in [0.4, 0.5) is 0 Å². The molecule has 2 amide bonds. The van der Waals surface area contributed by atoms with Gasteiger partial charge in [-0.2, -0.15) is 0 Å². The Morgan fingerprint density at radius 2 is 1.64 bits per heavy atom. The first-order valence-electron chi connectivity index (χ1n) is 9.87. The second kappa shape index (κ2) is 10.4. The highest BCUT2D eigenvalue weighted by Crippen LogP contribution is 2.33. The third-order valence-electron chi connectivity index (χ3n) is 4.98. The van der Waals surface area contributed by atoms with Crippen LogP contribution in [0.1, 0.15) is 36.5 Å². The van der Waals surface area contributed by atoms with Gasteiger partial charge < -0.3 is 14.4 Å². The first-order chi connectivity index (χ1) is 13.5. The standard InChI is InChI=1S/C22H32N2O4/c1-6-7-10-24-21(25)19(18-9-8-16(2)15-17(18)3)20(22(24)26)23(11-13-27-4)12-14-28-5/h8-9,15H,6-7,10-14H2,1-5H3. The van der Waals surface area contributed by atoms with Crippen molar-refractivity contribution in [2.24, 2.45) is 0 Å². The van der Waals surface area contributed by atoms with E-state index in [1.807, 2.05) is 43.9 Å². The fraction of sp³-hybridized carbons (Fsp3) is 0.545. The number of aryl methyl sites for hydroxylation is 2. The summed E-state index contributed by atoms with van der Waals surface area (Å²) >= 11 is 0. The molecule has 0 radical (unpaired) electrons. The summed E-state index contributed by atoms with van der Waals surface area (Å²) < 4.78 is 10.5. The number of methoxy groups -OCH3 is 2. The number of carbonyl (C=O) groups is 2. The van der Waals surface area contributed by atoms with Crippen LogP contribution in [-0.2, 0) is 19.1 Å². The summed E-state index contributed by atoms with van der Waals surface area (Å²) in [6.07, 6.45) is 1.71. The zero-order valence-electron chi connectivity index (χ0n) is 17.7. The quantitative estimate of drug-likeness (QED) is 0.546. The summed E-state index contributed by atoms with van der Waals surface area (Å²) in [5, 5.41) is 0. The van der Waals surface area contributed by atoms with Crippen molar-refractivity contribution in [1.82, 2.24) is 9.80 Å². The molecule has 0 N–H and O–H groups in total. The number of amides is 2. The molecule has 1 aliphatic rings. The average Bonchev–Trinajstić information content (AvgIpc) is 2.91. The van der Waals surface area contributed by atoms with Crippen LogP contribution in [0.5, 0.6) is 0 Å². The number of nitrogens with zero attached hydrogens (tertiary/aromatic N) is 2. The highest BCUT2D eigenvalue weighted by molar-refractivity contribution is 6.35. The van der Waals surface area contributed by atoms with E-state index in [1.54, 1.807) is 14.2 Å². The van der Waals surface area contributed by atoms with Crippen molar-refractivity contribution in [3.8, 4) is 0 Å². The van der Waals surface area contributed by atoms with Crippen LogP contribution in [-0.4, -0.2) is 68.7 Å². The molecule has 2 rings (SSSR count). The molecule has 1 aliphatic heterocycles. The number of ether oxygens (including phenoxy) is 2. The molecule has 0 fully saturated rings. The first-order valence-corrected chi connectivity index (χ1v) is 9.87. The lowest BCUT2D eigenvalue weighted by Crippen LogP contribution is -2.38. The number of imide groups is 1. The van der Waals surface area contributed by atoms with Gasteiger partial charge in [-0.15, -0.1) is 0 Å². The summed E-state index contributed by atoms with van der Waals surface area (Å²) in [5.74, 6) is -0.430. The highest BCUT2D eigenvalue weighted by atomic mass is 16.5. The molecule has 6 nitrogen and oxygen atoms in total. The maximum absolute atomic E-state index is 13.3. The van der Waals surface area contributed by atoms with Crippen molar-refractivity contribution >= 4 is 17.4 Å². The Kier molecular flexibility index (Phi) is 8.20. The van der Waals surface area contributed by atoms with Crippen LogP contribution < -0.4 is 0 Å². The molecule has 0 spiro atoms. The average molecular weight is 389 g/mol. The zero-order chi connectivity index (χ0) is 20.7. The Hall–Kier alpha value is -2.18. The van der Waals surface area contributed by atoms with Crippen molar-refractivity contribution in [3.05, 3.63) is 40.6 Å². The second-order valence-corrected chi connectivity index (χ2v) is 7.13. The number of hydrogen-bond acceptors (Lipinski definition) is 5. The van der Waals surface area contributed by atoms with Gasteiger partial charge in [-0.1, -0.05) is 37.1 Å². The molecule has 154 valence electrons. The van der Waals surface area contributed by atoms with Crippen molar-refractivity contribution < 1.29 is 19.1 Å². The van der Waals surface area contributed by atoms with Gasteiger partial charge in [0.25, 0.3) is 11.8 Å². The molecular formula is C22H32N2O4. The van der Waals surface area contributed by atoms with Gasteiger partial charge in [-0.05, 0) is 31.4 Å². The van der Waals surface area contributed by atoms with Crippen LogP contribution in [0.25, 0.3) is 5.57 Å². The molecule has 1 heterocycles. The van der Waals surface area contributed by atoms with E-state index in [4.69, 9.17) is 9.47 Å². The van der Waals surface area contributed by atoms with Gasteiger partial charge >= 0.3 is 0 Å². The molecule has 6 heteroatoms. The normalized spacial score (nSPS) is 14.4. The largest absolute Gasteiger partial charge is 0.383 e. The molecule has 0 saturated heterocycles. The predicted octanol–water partition coefficient (Wildman–Crippen LogP) is 2.78. The Morgan fingerprint density at radius 1 is 1.00 bits per heavy atom. The molecule has 1 aromatic rings. The van der Waals surface area contributed by atoms with E-state index in [9.17, 15) is 9.59 Å². The fourth-order valence-electron chi connectivity index (χ4n) is 3.45. The smallest absolute Gasteiger partial charge is 0.277 e. The van der Waals surface area contributed by atoms with Crippen molar-refractivity contribution in [2.45, 2.75) is 33.6 Å². The molecule has 1 aromatic carbocycles. The molecular weight excluding hydrogens is 356 g/mol. The fourth-order valence-corrected chi connectivity index (χ4v) is 3.45. The van der Waals surface area contributed by atoms with E-state index in [0.29, 0.717) is 44.1 Å². The minimum atomic E-state index is -0.222.